The zero-order valence-corrected chi connectivity index (χ0v) is 14.0. The molecule has 0 bridgehead atoms. The molecule has 0 atom stereocenters. The fourth-order valence-electron chi connectivity index (χ4n) is 2.41. The van der Waals surface area contributed by atoms with Crippen LogP contribution in [0.4, 0.5) is 0 Å². The fraction of sp³-hybridized carbons (Fsp3) is 0.467. The van der Waals surface area contributed by atoms with E-state index in [9.17, 15) is 0 Å². The molecule has 2 heterocycles. The minimum absolute atomic E-state index is 0.417. The van der Waals surface area contributed by atoms with Gasteiger partial charge in [-0.15, -0.1) is 0 Å². The first-order valence-electron chi connectivity index (χ1n) is 7.19. The van der Waals surface area contributed by atoms with Crippen molar-refractivity contribution in [2.45, 2.75) is 0 Å². The van der Waals surface area contributed by atoms with Crippen LogP contribution in [0.15, 0.2) is 18.5 Å². The Bertz CT molecular complexity index is 650. The summed E-state index contributed by atoms with van der Waals surface area (Å²) in [7, 11) is 1.62. The van der Waals surface area contributed by atoms with Crippen molar-refractivity contribution >= 4 is 34.3 Å². The second kappa shape index (κ2) is 7.35. The van der Waals surface area contributed by atoms with Crippen molar-refractivity contribution in [2.75, 3.05) is 44.9 Å². The van der Waals surface area contributed by atoms with Gasteiger partial charge in [0.25, 0.3) is 0 Å². The van der Waals surface area contributed by atoms with Gasteiger partial charge in [0.05, 0.1) is 12.6 Å². The number of ether oxygens (including phenoxy) is 2. The molecule has 0 N–H and O–H groups in total. The lowest BCUT2D eigenvalue weighted by atomic mass is 10.2. The van der Waals surface area contributed by atoms with E-state index < -0.39 is 0 Å². The van der Waals surface area contributed by atoms with E-state index in [4.69, 9.17) is 21.1 Å². The third-order valence-corrected chi connectivity index (χ3v) is 4.88. The number of rotatable bonds is 5. The molecule has 1 aromatic heterocycles. The number of thioether (sulfide) groups is 1. The molecule has 5 nitrogen and oxygen atoms in total. The molecule has 7 heteroatoms. The molecule has 0 amide bonds. The summed E-state index contributed by atoms with van der Waals surface area (Å²) in [6, 6.07) is 3.68. The fourth-order valence-corrected chi connectivity index (χ4v) is 3.59. The maximum atomic E-state index is 6.09. The molecular weight excluding hydrogens is 322 g/mol. The van der Waals surface area contributed by atoms with E-state index >= 15 is 0 Å². The van der Waals surface area contributed by atoms with Gasteiger partial charge in [-0.05, 0) is 6.07 Å². The summed E-state index contributed by atoms with van der Waals surface area (Å²) in [5.41, 5.74) is 0.755. The van der Waals surface area contributed by atoms with Crippen molar-refractivity contribution in [1.29, 1.82) is 0 Å². The summed E-state index contributed by atoms with van der Waals surface area (Å²) in [6.07, 6.45) is 1.45. The van der Waals surface area contributed by atoms with Gasteiger partial charge in [0.1, 0.15) is 18.1 Å². The van der Waals surface area contributed by atoms with Crippen molar-refractivity contribution in [1.82, 2.24) is 14.9 Å². The molecule has 0 saturated carbocycles. The highest BCUT2D eigenvalue weighted by Crippen LogP contribution is 2.33. The number of halogens is 1. The predicted molar refractivity (Wildman–Crippen MR) is 90.4 cm³/mol. The number of aromatic nitrogens is 2. The molecule has 0 spiro atoms. The molecule has 1 aromatic carbocycles. The highest BCUT2D eigenvalue weighted by atomic mass is 35.5. The summed E-state index contributed by atoms with van der Waals surface area (Å²) in [5, 5.41) is 1.18. The van der Waals surface area contributed by atoms with Gasteiger partial charge in [0.15, 0.2) is 11.5 Å². The van der Waals surface area contributed by atoms with Gasteiger partial charge in [-0.25, -0.2) is 9.97 Å². The largest absolute Gasteiger partial charge is 0.493 e. The predicted octanol–water partition coefficient (Wildman–Crippen LogP) is 2.72. The number of methoxy groups -OCH3 is 1. The molecule has 2 aromatic rings. The molecule has 1 saturated heterocycles. The van der Waals surface area contributed by atoms with E-state index in [-0.39, 0.29) is 0 Å². The van der Waals surface area contributed by atoms with E-state index in [0.717, 1.165) is 30.5 Å². The van der Waals surface area contributed by atoms with Crippen LogP contribution in [0.25, 0.3) is 10.9 Å². The lowest BCUT2D eigenvalue weighted by Crippen LogP contribution is -2.35. The Kier molecular flexibility index (Phi) is 5.23. The number of benzene rings is 1. The number of hydrogen-bond donors (Lipinski definition) is 0. The molecule has 0 unspecified atom stereocenters. The van der Waals surface area contributed by atoms with Gasteiger partial charge in [-0.1, -0.05) is 11.6 Å². The zero-order chi connectivity index (χ0) is 15.4. The Balaban J connectivity index is 1.72. The van der Waals surface area contributed by atoms with E-state index in [1.165, 1.54) is 17.8 Å². The van der Waals surface area contributed by atoms with Crippen molar-refractivity contribution in [2.24, 2.45) is 0 Å². The van der Waals surface area contributed by atoms with Crippen LogP contribution in [0.3, 0.4) is 0 Å². The maximum absolute atomic E-state index is 6.09. The molecule has 22 heavy (non-hydrogen) atoms. The Morgan fingerprint density at radius 2 is 2.05 bits per heavy atom. The summed E-state index contributed by atoms with van der Waals surface area (Å²) < 4.78 is 11.3. The molecule has 118 valence electrons. The van der Waals surface area contributed by atoms with Crippen LogP contribution >= 0.6 is 23.4 Å². The minimum atomic E-state index is 0.417. The summed E-state index contributed by atoms with van der Waals surface area (Å²) in [5.74, 6) is 3.75. The first-order chi connectivity index (χ1) is 10.8. The second-order valence-corrected chi connectivity index (χ2v) is 6.57. The normalized spacial score (nSPS) is 15.9. The van der Waals surface area contributed by atoms with Crippen molar-refractivity contribution in [3.05, 3.63) is 23.6 Å². The Morgan fingerprint density at radius 1 is 1.23 bits per heavy atom. The smallest absolute Gasteiger partial charge is 0.163 e. The Morgan fingerprint density at radius 3 is 2.82 bits per heavy atom. The molecule has 1 aliphatic heterocycles. The van der Waals surface area contributed by atoms with Crippen LogP contribution in [-0.2, 0) is 0 Å². The molecule has 3 rings (SSSR count). The van der Waals surface area contributed by atoms with Crippen LogP contribution in [0.2, 0.25) is 5.15 Å². The van der Waals surface area contributed by atoms with Crippen molar-refractivity contribution < 1.29 is 9.47 Å². The van der Waals surface area contributed by atoms with Gasteiger partial charge in [-0.3, -0.25) is 4.90 Å². The summed E-state index contributed by atoms with van der Waals surface area (Å²) >= 11 is 8.10. The third-order valence-electron chi connectivity index (χ3n) is 3.64. The van der Waals surface area contributed by atoms with Crippen LogP contribution in [-0.4, -0.2) is 59.7 Å². The second-order valence-electron chi connectivity index (χ2n) is 4.99. The lowest BCUT2D eigenvalue weighted by Gasteiger charge is -2.26. The summed E-state index contributed by atoms with van der Waals surface area (Å²) in [4.78, 5) is 10.6. The molecule has 1 fully saturated rings. The van der Waals surface area contributed by atoms with Gasteiger partial charge < -0.3 is 9.47 Å². The van der Waals surface area contributed by atoms with Crippen LogP contribution in [0.1, 0.15) is 0 Å². The van der Waals surface area contributed by atoms with E-state index in [0.29, 0.717) is 23.3 Å². The molecule has 0 aliphatic carbocycles. The van der Waals surface area contributed by atoms with Gasteiger partial charge >= 0.3 is 0 Å². The average molecular weight is 340 g/mol. The minimum Gasteiger partial charge on any atom is -0.493 e. The van der Waals surface area contributed by atoms with Crippen molar-refractivity contribution in [3.8, 4) is 11.5 Å². The van der Waals surface area contributed by atoms with Crippen LogP contribution in [0, 0.1) is 0 Å². The zero-order valence-electron chi connectivity index (χ0n) is 12.4. The van der Waals surface area contributed by atoms with E-state index in [2.05, 4.69) is 14.9 Å². The Labute approximate surface area is 139 Å². The van der Waals surface area contributed by atoms with E-state index in [1.807, 2.05) is 23.9 Å². The highest BCUT2D eigenvalue weighted by molar-refractivity contribution is 7.99. The first kappa shape index (κ1) is 15.6. The standard InChI is InChI=1S/C15H18ClN3O2S/c1-20-13-8-11-12(17-10-18-15(11)16)9-14(13)21-5-2-19-3-6-22-7-4-19/h8-10H,2-7H2,1H3. The summed E-state index contributed by atoms with van der Waals surface area (Å²) in [6.45, 7) is 3.81. The monoisotopic (exact) mass is 339 g/mol. The highest BCUT2D eigenvalue weighted by Gasteiger charge is 2.13. The quantitative estimate of drug-likeness (QED) is 0.781. The number of hydrogen-bond acceptors (Lipinski definition) is 6. The molecule has 0 radical (unpaired) electrons. The van der Waals surface area contributed by atoms with Gasteiger partial charge in [0, 0.05) is 42.6 Å². The third kappa shape index (κ3) is 3.56. The molecule has 1 aliphatic rings. The van der Waals surface area contributed by atoms with E-state index in [1.54, 1.807) is 7.11 Å². The number of fused-ring (bicyclic) bond motifs is 1. The SMILES string of the molecule is COc1cc2c(Cl)ncnc2cc1OCCN1CCSCC1. The maximum Gasteiger partial charge on any atom is 0.163 e. The van der Waals surface area contributed by atoms with Crippen LogP contribution < -0.4 is 9.47 Å². The lowest BCUT2D eigenvalue weighted by molar-refractivity contribution is 0.217. The van der Waals surface area contributed by atoms with Gasteiger partial charge in [-0.2, -0.15) is 11.8 Å². The first-order valence-corrected chi connectivity index (χ1v) is 8.72. The topological polar surface area (TPSA) is 47.5 Å². The van der Waals surface area contributed by atoms with Crippen molar-refractivity contribution in [3.63, 3.8) is 0 Å². The number of nitrogens with zero attached hydrogens (tertiary/aromatic N) is 3. The molecular formula is C15H18ClN3O2S. The van der Waals surface area contributed by atoms with Crippen LogP contribution in [0.5, 0.6) is 11.5 Å². The Hall–Kier alpha value is -1.24. The van der Waals surface area contributed by atoms with Gasteiger partial charge in [0.2, 0.25) is 0 Å². The average Bonchev–Trinajstić information content (AvgIpc) is 2.55.